The Morgan fingerprint density at radius 1 is 1.20 bits per heavy atom. The summed E-state index contributed by atoms with van der Waals surface area (Å²) in [7, 11) is 1.82. The molecule has 0 radical (unpaired) electrons. The minimum atomic E-state index is -0.527. The molecule has 0 saturated carbocycles. The van der Waals surface area contributed by atoms with E-state index in [-0.39, 0.29) is 11.9 Å². The molecule has 0 saturated heterocycles. The number of hydrogen-bond donors (Lipinski definition) is 1. The van der Waals surface area contributed by atoms with E-state index < -0.39 is 5.91 Å². The first-order valence-corrected chi connectivity index (χ1v) is 6.28. The van der Waals surface area contributed by atoms with Gasteiger partial charge in [-0.2, -0.15) is 0 Å². The first-order chi connectivity index (χ1) is 9.68. The summed E-state index contributed by atoms with van der Waals surface area (Å²) in [4.78, 5) is 21.8. The number of aliphatic imine (C=N–C) groups is 1. The van der Waals surface area contributed by atoms with E-state index in [2.05, 4.69) is 9.98 Å². The normalized spacial score (nSPS) is 17.4. The standard InChI is InChI=1S/C15H14N4O/c1-19-13(10-6-8-17-9-7-10)11-4-2-3-5-12(11)18-15(19)14(16)20/h2-9,13H,1H3,(H2,16,20). The smallest absolute Gasteiger partial charge is 0.284 e. The van der Waals surface area contributed by atoms with Gasteiger partial charge >= 0.3 is 0 Å². The van der Waals surface area contributed by atoms with E-state index in [1.807, 2.05) is 43.4 Å². The number of primary amides is 1. The third-order valence-corrected chi connectivity index (χ3v) is 3.42. The van der Waals surface area contributed by atoms with E-state index in [1.165, 1.54) is 0 Å². The molecule has 100 valence electrons. The van der Waals surface area contributed by atoms with Crippen molar-refractivity contribution in [1.82, 2.24) is 9.88 Å². The highest BCUT2D eigenvalue weighted by Gasteiger charge is 2.30. The van der Waals surface area contributed by atoms with Crippen molar-refractivity contribution in [3.8, 4) is 0 Å². The van der Waals surface area contributed by atoms with Gasteiger partial charge in [0.15, 0.2) is 5.84 Å². The van der Waals surface area contributed by atoms with Crippen molar-refractivity contribution in [3.63, 3.8) is 0 Å². The number of likely N-dealkylation sites (N-methyl/N-ethyl adjacent to an activating group) is 1. The summed E-state index contributed by atoms with van der Waals surface area (Å²) in [6.07, 6.45) is 3.48. The zero-order chi connectivity index (χ0) is 14.1. The molecule has 1 aromatic carbocycles. The molecule has 3 rings (SSSR count). The van der Waals surface area contributed by atoms with Gasteiger partial charge in [0, 0.05) is 25.0 Å². The second-order valence-corrected chi connectivity index (χ2v) is 4.65. The maximum Gasteiger partial charge on any atom is 0.284 e. The number of amides is 1. The maximum absolute atomic E-state index is 11.6. The lowest BCUT2D eigenvalue weighted by atomic mass is 9.95. The first-order valence-electron chi connectivity index (χ1n) is 6.28. The Morgan fingerprint density at radius 2 is 1.90 bits per heavy atom. The number of amidine groups is 1. The average Bonchev–Trinajstić information content (AvgIpc) is 2.47. The Labute approximate surface area is 116 Å². The largest absolute Gasteiger partial charge is 0.363 e. The number of fused-ring (bicyclic) bond motifs is 1. The van der Waals surface area contributed by atoms with Crippen LogP contribution in [0.15, 0.2) is 53.8 Å². The molecule has 1 atom stereocenters. The van der Waals surface area contributed by atoms with Crippen LogP contribution in [0.25, 0.3) is 0 Å². The van der Waals surface area contributed by atoms with Gasteiger partial charge < -0.3 is 10.6 Å². The minimum Gasteiger partial charge on any atom is -0.363 e. The Balaban J connectivity index is 2.19. The fourth-order valence-corrected chi connectivity index (χ4v) is 2.52. The molecular formula is C15H14N4O. The van der Waals surface area contributed by atoms with Gasteiger partial charge in [-0.15, -0.1) is 0 Å². The van der Waals surface area contributed by atoms with Crippen LogP contribution in [0.3, 0.4) is 0 Å². The highest BCUT2D eigenvalue weighted by Crippen LogP contribution is 2.37. The van der Waals surface area contributed by atoms with E-state index in [0.717, 1.165) is 16.8 Å². The average molecular weight is 266 g/mol. The molecule has 5 nitrogen and oxygen atoms in total. The number of benzene rings is 1. The number of nitrogens with two attached hydrogens (primary N) is 1. The number of pyridine rings is 1. The number of nitrogens with zero attached hydrogens (tertiary/aromatic N) is 3. The quantitative estimate of drug-likeness (QED) is 0.898. The van der Waals surface area contributed by atoms with Gasteiger partial charge in [-0.25, -0.2) is 4.99 Å². The van der Waals surface area contributed by atoms with Crippen molar-refractivity contribution in [2.24, 2.45) is 10.7 Å². The molecule has 2 N–H and O–H groups in total. The van der Waals surface area contributed by atoms with E-state index in [1.54, 1.807) is 17.3 Å². The monoisotopic (exact) mass is 266 g/mol. The second kappa shape index (κ2) is 4.77. The highest BCUT2D eigenvalue weighted by atomic mass is 16.1. The molecular weight excluding hydrogens is 252 g/mol. The van der Waals surface area contributed by atoms with Gasteiger partial charge in [-0.1, -0.05) is 18.2 Å². The first kappa shape index (κ1) is 12.3. The Bertz CT molecular complexity index is 681. The lowest BCUT2D eigenvalue weighted by Gasteiger charge is -2.34. The van der Waals surface area contributed by atoms with Gasteiger partial charge in [-0.3, -0.25) is 9.78 Å². The summed E-state index contributed by atoms with van der Waals surface area (Å²) in [5.41, 5.74) is 8.30. The lowest BCUT2D eigenvalue weighted by molar-refractivity contribution is -0.112. The van der Waals surface area contributed by atoms with E-state index in [0.29, 0.717) is 0 Å². The van der Waals surface area contributed by atoms with Crippen LogP contribution in [0.4, 0.5) is 5.69 Å². The molecule has 2 heterocycles. The number of rotatable bonds is 2. The number of carbonyl (C=O) groups excluding carboxylic acids is 1. The van der Waals surface area contributed by atoms with Gasteiger partial charge in [0.1, 0.15) is 0 Å². The number of para-hydroxylation sites is 1. The van der Waals surface area contributed by atoms with Crippen molar-refractivity contribution in [1.29, 1.82) is 0 Å². The molecule has 0 bridgehead atoms. The minimum absolute atomic E-state index is 0.0887. The Kier molecular flexibility index (Phi) is 2.95. The summed E-state index contributed by atoms with van der Waals surface area (Å²) in [6.45, 7) is 0. The molecule has 1 aliphatic heterocycles. The molecule has 0 fully saturated rings. The van der Waals surface area contributed by atoms with Gasteiger partial charge in [-0.05, 0) is 23.8 Å². The van der Waals surface area contributed by atoms with E-state index in [9.17, 15) is 4.79 Å². The Morgan fingerprint density at radius 3 is 2.60 bits per heavy atom. The van der Waals surface area contributed by atoms with Gasteiger partial charge in [0.2, 0.25) is 0 Å². The molecule has 0 aliphatic carbocycles. The van der Waals surface area contributed by atoms with Crippen LogP contribution in [-0.4, -0.2) is 28.7 Å². The summed E-state index contributed by atoms with van der Waals surface area (Å²) < 4.78 is 0. The zero-order valence-electron chi connectivity index (χ0n) is 11.0. The summed E-state index contributed by atoms with van der Waals surface area (Å²) in [5, 5.41) is 0. The van der Waals surface area contributed by atoms with Gasteiger partial charge in [0.25, 0.3) is 5.91 Å². The fourth-order valence-electron chi connectivity index (χ4n) is 2.52. The SMILES string of the molecule is CN1C(C(N)=O)=Nc2ccccc2C1c1ccncc1. The van der Waals surface area contributed by atoms with Crippen molar-refractivity contribution < 1.29 is 4.79 Å². The van der Waals surface area contributed by atoms with Crippen LogP contribution in [0.1, 0.15) is 17.2 Å². The highest BCUT2D eigenvalue weighted by molar-refractivity contribution is 6.38. The molecule has 2 aromatic rings. The van der Waals surface area contributed by atoms with Gasteiger partial charge in [0.05, 0.1) is 11.7 Å². The topological polar surface area (TPSA) is 71.6 Å². The number of carbonyl (C=O) groups is 1. The molecule has 1 aromatic heterocycles. The van der Waals surface area contributed by atoms with Crippen LogP contribution < -0.4 is 5.73 Å². The third kappa shape index (κ3) is 1.93. The molecule has 1 unspecified atom stereocenters. The van der Waals surface area contributed by atoms with E-state index >= 15 is 0 Å². The third-order valence-electron chi connectivity index (χ3n) is 3.42. The van der Waals surface area contributed by atoms with Crippen molar-refractivity contribution >= 4 is 17.4 Å². The fraction of sp³-hybridized carbons (Fsp3) is 0.133. The molecule has 1 aliphatic rings. The molecule has 1 amide bonds. The van der Waals surface area contributed by atoms with Crippen molar-refractivity contribution in [3.05, 3.63) is 59.9 Å². The van der Waals surface area contributed by atoms with Crippen molar-refractivity contribution in [2.75, 3.05) is 7.05 Å². The summed E-state index contributed by atoms with van der Waals surface area (Å²) >= 11 is 0. The van der Waals surface area contributed by atoms with Crippen LogP contribution in [0.5, 0.6) is 0 Å². The zero-order valence-corrected chi connectivity index (χ0v) is 11.0. The second-order valence-electron chi connectivity index (χ2n) is 4.65. The maximum atomic E-state index is 11.6. The molecule has 20 heavy (non-hydrogen) atoms. The van der Waals surface area contributed by atoms with Crippen LogP contribution >= 0.6 is 0 Å². The van der Waals surface area contributed by atoms with E-state index in [4.69, 9.17) is 5.73 Å². The molecule has 5 heteroatoms. The number of hydrogen-bond acceptors (Lipinski definition) is 4. The van der Waals surface area contributed by atoms with Crippen LogP contribution in [0, 0.1) is 0 Å². The van der Waals surface area contributed by atoms with Crippen LogP contribution in [-0.2, 0) is 4.79 Å². The predicted molar refractivity (Wildman–Crippen MR) is 76.6 cm³/mol. The molecule has 0 spiro atoms. The summed E-state index contributed by atoms with van der Waals surface area (Å²) in [6, 6.07) is 11.5. The van der Waals surface area contributed by atoms with Crippen LogP contribution in [0.2, 0.25) is 0 Å². The predicted octanol–water partition coefficient (Wildman–Crippen LogP) is 1.63. The lowest BCUT2D eigenvalue weighted by Crippen LogP contribution is -2.42. The Hall–Kier alpha value is -2.69. The number of aromatic nitrogens is 1. The summed E-state index contributed by atoms with van der Waals surface area (Å²) in [5.74, 6) is -0.258. The van der Waals surface area contributed by atoms with Crippen molar-refractivity contribution in [2.45, 2.75) is 6.04 Å².